The van der Waals surface area contributed by atoms with Crippen LogP contribution in [0.5, 0.6) is 5.75 Å². The number of methoxy groups -OCH3 is 1. The van der Waals surface area contributed by atoms with Crippen molar-refractivity contribution in [3.8, 4) is 5.75 Å². The van der Waals surface area contributed by atoms with Gasteiger partial charge in [0.25, 0.3) is 15.9 Å². The SMILES string of the molecule is COc1ccc(NC(=O)c2cnc[nH]2)cc1S(=O)(=O)N(CCCCCC[P+](c1ccccc1)(c1ccccc1)c1ccccc1)c1ccc(Br)cc1.[Br-]. The molecule has 6 rings (SSSR count). The summed E-state index contributed by atoms with van der Waals surface area (Å²) in [7, 11) is -4.62. The topological polar surface area (TPSA) is 104 Å². The van der Waals surface area contributed by atoms with E-state index < -0.39 is 23.2 Å². The number of amides is 1. The number of anilines is 2. The number of ether oxygens (including phenoxy) is 1. The highest BCUT2D eigenvalue weighted by Gasteiger charge is 2.44. The second kappa shape index (κ2) is 18.7. The average molecular weight is 877 g/mol. The molecule has 53 heavy (non-hydrogen) atoms. The summed E-state index contributed by atoms with van der Waals surface area (Å²) < 4.78 is 36.8. The first-order valence-corrected chi connectivity index (χ1v) is 21.3. The summed E-state index contributed by atoms with van der Waals surface area (Å²) in [6.07, 6.45) is 7.25. The van der Waals surface area contributed by atoms with E-state index in [4.69, 9.17) is 4.74 Å². The second-order valence-corrected chi connectivity index (χ2v) is 18.7. The van der Waals surface area contributed by atoms with E-state index in [1.807, 2.05) is 12.1 Å². The molecule has 0 aliphatic rings. The van der Waals surface area contributed by atoms with E-state index in [-0.39, 0.29) is 39.9 Å². The predicted octanol–water partition coefficient (Wildman–Crippen LogP) is 5.19. The van der Waals surface area contributed by atoms with Gasteiger partial charge in [-0.3, -0.25) is 9.10 Å². The monoisotopic (exact) mass is 874 g/mol. The Morgan fingerprint density at radius 2 is 1.36 bits per heavy atom. The molecule has 12 heteroatoms. The Labute approximate surface area is 331 Å². The Morgan fingerprint density at radius 1 is 0.792 bits per heavy atom. The molecule has 8 nitrogen and oxygen atoms in total. The highest BCUT2D eigenvalue weighted by Crippen LogP contribution is 2.56. The van der Waals surface area contributed by atoms with E-state index in [9.17, 15) is 13.2 Å². The summed E-state index contributed by atoms with van der Waals surface area (Å²) in [6.45, 7) is 0.272. The van der Waals surface area contributed by atoms with Gasteiger partial charge < -0.3 is 32.0 Å². The van der Waals surface area contributed by atoms with Crippen LogP contribution in [0.3, 0.4) is 0 Å². The van der Waals surface area contributed by atoms with Crippen molar-refractivity contribution in [3.05, 3.63) is 156 Å². The molecule has 0 spiro atoms. The van der Waals surface area contributed by atoms with Crippen LogP contribution in [0.1, 0.15) is 36.2 Å². The maximum absolute atomic E-state index is 14.5. The average Bonchev–Trinajstić information content (AvgIpc) is 3.73. The summed E-state index contributed by atoms with van der Waals surface area (Å²) in [5.41, 5.74) is 1.11. The van der Waals surface area contributed by atoms with E-state index in [2.05, 4.69) is 122 Å². The second-order valence-electron chi connectivity index (χ2n) is 12.3. The molecule has 6 aromatic rings. The van der Waals surface area contributed by atoms with E-state index in [0.717, 1.165) is 29.9 Å². The minimum absolute atomic E-state index is 0. The van der Waals surface area contributed by atoms with Crippen LogP contribution in [0.15, 0.2) is 155 Å². The van der Waals surface area contributed by atoms with Gasteiger partial charge in [0, 0.05) is 16.7 Å². The molecule has 1 aromatic heterocycles. The molecular weight excluding hydrogens is 835 g/mol. The number of carbonyl (C=O) groups is 1. The molecule has 0 aliphatic heterocycles. The van der Waals surface area contributed by atoms with Crippen LogP contribution in [0.4, 0.5) is 11.4 Å². The van der Waals surface area contributed by atoms with Crippen molar-refractivity contribution in [1.29, 1.82) is 0 Å². The van der Waals surface area contributed by atoms with E-state index in [1.165, 1.54) is 45.9 Å². The van der Waals surface area contributed by atoms with Crippen molar-refractivity contribution in [2.45, 2.75) is 30.6 Å². The first-order chi connectivity index (χ1) is 25.3. The van der Waals surface area contributed by atoms with Crippen LogP contribution < -0.4 is 47.3 Å². The number of aromatic nitrogens is 2. The fraction of sp³-hybridized carbons (Fsp3) is 0.171. The summed E-state index contributed by atoms with van der Waals surface area (Å²) in [4.78, 5) is 19.3. The van der Waals surface area contributed by atoms with Crippen LogP contribution in [0.25, 0.3) is 0 Å². The number of H-pyrrole nitrogens is 1. The molecule has 0 aliphatic carbocycles. The lowest BCUT2D eigenvalue weighted by Crippen LogP contribution is -3.00. The molecule has 1 heterocycles. The molecule has 0 fully saturated rings. The number of hydrogen-bond acceptors (Lipinski definition) is 5. The summed E-state index contributed by atoms with van der Waals surface area (Å²) in [5, 5.41) is 6.83. The zero-order valence-corrected chi connectivity index (χ0v) is 34.1. The molecule has 0 radical (unpaired) electrons. The number of unbranched alkanes of at least 4 members (excludes halogenated alkanes) is 3. The van der Waals surface area contributed by atoms with Crippen molar-refractivity contribution in [2.24, 2.45) is 0 Å². The van der Waals surface area contributed by atoms with Crippen LogP contribution >= 0.6 is 23.2 Å². The third-order valence-electron chi connectivity index (χ3n) is 9.04. The van der Waals surface area contributed by atoms with Crippen LogP contribution in [0, 0.1) is 0 Å². The van der Waals surface area contributed by atoms with Gasteiger partial charge >= 0.3 is 0 Å². The summed E-state index contributed by atoms with van der Waals surface area (Å²) in [5.74, 6) is -0.251. The van der Waals surface area contributed by atoms with Gasteiger partial charge in [0.05, 0.1) is 31.5 Å². The van der Waals surface area contributed by atoms with Crippen molar-refractivity contribution in [1.82, 2.24) is 9.97 Å². The molecule has 0 saturated heterocycles. The minimum atomic E-state index is -4.12. The van der Waals surface area contributed by atoms with E-state index in [1.54, 1.807) is 24.3 Å². The number of imidazole rings is 1. The first kappa shape index (κ1) is 39.9. The largest absolute Gasteiger partial charge is 1.00 e. The number of sulfonamides is 1. The third-order valence-corrected chi connectivity index (χ3v) is 15.9. The normalized spacial score (nSPS) is 11.4. The van der Waals surface area contributed by atoms with Gasteiger partial charge in [-0.05, 0) is 98.1 Å². The minimum Gasteiger partial charge on any atom is -1.00 e. The molecular formula is C41H41Br2N4O4PS. The molecule has 1 amide bonds. The Kier molecular flexibility index (Phi) is 14.1. The number of halogens is 2. The zero-order chi connectivity index (χ0) is 36.4. The number of rotatable bonds is 16. The summed E-state index contributed by atoms with van der Waals surface area (Å²) >= 11 is 3.48. The molecule has 0 saturated carbocycles. The van der Waals surface area contributed by atoms with Crippen LogP contribution in [0.2, 0.25) is 0 Å². The van der Waals surface area contributed by atoms with Crippen LogP contribution in [-0.2, 0) is 10.0 Å². The molecule has 5 aromatic carbocycles. The van der Waals surface area contributed by atoms with Crippen LogP contribution in [-0.4, -0.2) is 44.1 Å². The summed E-state index contributed by atoms with van der Waals surface area (Å²) in [6, 6.07) is 44.4. The highest BCUT2D eigenvalue weighted by molar-refractivity contribution is 9.10. The molecule has 0 unspecified atom stereocenters. The maximum Gasteiger partial charge on any atom is 0.273 e. The number of aromatic amines is 1. The number of benzene rings is 5. The van der Waals surface area contributed by atoms with Gasteiger partial charge in [-0.1, -0.05) is 76.9 Å². The Bertz CT molecular complexity index is 2060. The fourth-order valence-electron chi connectivity index (χ4n) is 6.49. The first-order valence-electron chi connectivity index (χ1n) is 17.1. The van der Waals surface area contributed by atoms with Gasteiger partial charge in [0.1, 0.15) is 39.5 Å². The van der Waals surface area contributed by atoms with Gasteiger partial charge in [-0.15, -0.1) is 0 Å². The highest BCUT2D eigenvalue weighted by atomic mass is 79.9. The number of hydrogen-bond donors (Lipinski definition) is 2. The van der Waals surface area contributed by atoms with Gasteiger partial charge in [-0.2, -0.15) is 0 Å². The standard InChI is InChI=1S/C41H40BrN4O4PS.BrH/c1-50-39-26-23-33(45-41(47)38-30-43-31-44-38)29-40(39)52(48,49)46(34-24-21-32(42)22-25-34)27-13-2-3-14-28-51(35-15-7-4-8-16-35,36-17-9-5-10-18-36)37-19-11-6-12-20-37;/h4-12,15-26,29-31H,2-3,13-14,27-28H2,1H3,(H-,43,44,45,47);1H. The van der Waals surface area contributed by atoms with Crippen molar-refractivity contribution in [2.75, 3.05) is 29.4 Å². The molecule has 0 bridgehead atoms. The Hall–Kier alpha value is -4.28. The molecule has 274 valence electrons. The maximum atomic E-state index is 14.5. The lowest BCUT2D eigenvalue weighted by Gasteiger charge is -2.28. The number of carbonyl (C=O) groups excluding carboxylic acids is 1. The van der Waals surface area contributed by atoms with Crippen molar-refractivity contribution in [3.63, 3.8) is 0 Å². The van der Waals surface area contributed by atoms with Gasteiger partial charge in [0.15, 0.2) is 0 Å². The van der Waals surface area contributed by atoms with Gasteiger partial charge in [0.2, 0.25) is 0 Å². The van der Waals surface area contributed by atoms with E-state index in [0.29, 0.717) is 17.8 Å². The lowest BCUT2D eigenvalue weighted by molar-refractivity contribution is -0.0000204. The van der Waals surface area contributed by atoms with Gasteiger partial charge in [-0.25, -0.2) is 13.4 Å². The molecule has 2 N–H and O–H groups in total. The Morgan fingerprint density at radius 3 is 1.89 bits per heavy atom. The lowest BCUT2D eigenvalue weighted by atomic mass is 10.2. The number of nitrogens with zero attached hydrogens (tertiary/aromatic N) is 2. The number of nitrogens with one attached hydrogen (secondary N) is 2. The fourth-order valence-corrected chi connectivity index (χ4v) is 12.9. The Balaban J connectivity index is 0.00000541. The third kappa shape index (κ3) is 9.27. The molecule has 0 atom stereocenters. The zero-order valence-electron chi connectivity index (χ0n) is 29.2. The van der Waals surface area contributed by atoms with E-state index >= 15 is 0 Å². The quantitative estimate of drug-likeness (QED) is 0.103. The predicted molar refractivity (Wildman–Crippen MR) is 217 cm³/mol. The smallest absolute Gasteiger partial charge is 0.273 e. The van der Waals surface area contributed by atoms with Crippen molar-refractivity contribution >= 4 is 66.4 Å². The van der Waals surface area contributed by atoms with Crippen molar-refractivity contribution < 1.29 is 34.9 Å².